The Bertz CT molecular complexity index is 509. The Morgan fingerprint density at radius 1 is 1.45 bits per heavy atom. The maximum Gasteiger partial charge on any atom is 0.226 e. The number of nitrogens with two attached hydrogens (primary N) is 1. The molecule has 112 valence electrons. The molecule has 0 radical (unpaired) electrons. The number of carbonyl (C=O) groups excluding carboxylic acids is 1. The van der Waals surface area contributed by atoms with Gasteiger partial charge in [-0.25, -0.2) is 4.98 Å². The molecule has 2 aromatic rings. The zero-order chi connectivity index (χ0) is 13.0. The van der Waals surface area contributed by atoms with Crippen molar-refractivity contribution in [2.24, 2.45) is 5.73 Å². The van der Waals surface area contributed by atoms with Crippen LogP contribution in [0.15, 0.2) is 30.6 Å². The molecular weight excluding hydrogens is 299 g/mol. The largest absolute Gasteiger partial charge is 0.356 e. The summed E-state index contributed by atoms with van der Waals surface area (Å²) in [6.45, 7) is 2.54. The zero-order valence-corrected chi connectivity index (χ0v) is 12.9. The van der Waals surface area contributed by atoms with Crippen LogP contribution in [0.25, 0.3) is 5.65 Å². The maximum atomic E-state index is 11.7. The first-order chi connectivity index (χ1) is 8.65. The quantitative estimate of drug-likeness (QED) is 0.879. The van der Waals surface area contributed by atoms with Gasteiger partial charge < -0.3 is 15.5 Å². The molecule has 7 heteroatoms. The van der Waals surface area contributed by atoms with Gasteiger partial charge in [0.15, 0.2) is 0 Å². The molecule has 3 N–H and O–H groups in total. The smallest absolute Gasteiger partial charge is 0.226 e. The summed E-state index contributed by atoms with van der Waals surface area (Å²) in [5, 5.41) is 2.84. The molecule has 0 fully saturated rings. The predicted molar refractivity (Wildman–Crippen MR) is 84.7 cm³/mol. The number of pyridine rings is 1. The van der Waals surface area contributed by atoms with Gasteiger partial charge in [0.25, 0.3) is 0 Å². The standard InChI is InChI=1S/C13H18N4O.2ClH/c1-10(14)5-6-15-13(18)8-11-9-17-7-3-2-4-12(17)16-11;;/h2-4,7,9-10H,5-6,8,14H2,1H3,(H,15,18);2*1H. The van der Waals surface area contributed by atoms with E-state index in [0.717, 1.165) is 17.8 Å². The van der Waals surface area contributed by atoms with E-state index in [1.54, 1.807) is 0 Å². The van der Waals surface area contributed by atoms with E-state index < -0.39 is 0 Å². The number of halogens is 2. The summed E-state index contributed by atoms with van der Waals surface area (Å²) in [6.07, 6.45) is 4.89. The van der Waals surface area contributed by atoms with Gasteiger partial charge in [-0.15, -0.1) is 24.8 Å². The fourth-order valence-corrected chi connectivity index (χ4v) is 1.74. The van der Waals surface area contributed by atoms with Crippen LogP contribution in [0.3, 0.4) is 0 Å². The Balaban J connectivity index is 0.00000180. The number of rotatable bonds is 5. The number of hydrogen-bond acceptors (Lipinski definition) is 3. The lowest BCUT2D eigenvalue weighted by Crippen LogP contribution is -2.30. The molecule has 0 saturated heterocycles. The van der Waals surface area contributed by atoms with Crippen LogP contribution < -0.4 is 11.1 Å². The molecule has 0 aliphatic heterocycles. The summed E-state index contributed by atoms with van der Waals surface area (Å²) in [7, 11) is 0. The molecule has 1 unspecified atom stereocenters. The number of carbonyl (C=O) groups is 1. The maximum absolute atomic E-state index is 11.7. The molecular formula is C13H20Cl2N4O. The third kappa shape index (κ3) is 5.36. The fourth-order valence-electron chi connectivity index (χ4n) is 1.74. The van der Waals surface area contributed by atoms with E-state index in [4.69, 9.17) is 5.73 Å². The first-order valence-corrected chi connectivity index (χ1v) is 6.10. The number of nitrogens with one attached hydrogen (secondary N) is 1. The van der Waals surface area contributed by atoms with Crippen molar-refractivity contribution in [2.45, 2.75) is 25.8 Å². The van der Waals surface area contributed by atoms with E-state index in [0.29, 0.717) is 13.0 Å². The van der Waals surface area contributed by atoms with Crippen LogP contribution in [-0.4, -0.2) is 27.9 Å². The van der Waals surface area contributed by atoms with Gasteiger partial charge in [0.2, 0.25) is 5.91 Å². The van der Waals surface area contributed by atoms with Gasteiger partial charge in [-0.05, 0) is 25.5 Å². The van der Waals surface area contributed by atoms with E-state index in [-0.39, 0.29) is 36.8 Å². The van der Waals surface area contributed by atoms with Crippen molar-refractivity contribution < 1.29 is 4.79 Å². The Hall–Kier alpha value is -1.30. The Morgan fingerprint density at radius 3 is 2.85 bits per heavy atom. The first kappa shape index (κ1) is 18.7. The van der Waals surface area contributed by atoms with Crippen LogP contribution in [0.1, 0.15) is 19.0 Å². The number of amides is 1. The highest BCUT2D eigenvalue weighted by Gasteiger charge is 2.07. The molecule has 0 spiro atoms. The minimum atomic E-state index is -0.0148. The fraction of sp³-hybridized carbons (Fsp3) is 0.385. The van der Waals surface area contributed by atoms with Crippen molar-refractivity contribution in [3.05, 3.63) is 36.3 Å². The van der Waals surface area contributed by atoms with Gasteiger partial charge in [-0.1, -0.05) is 6.07 Å². The zero-order valence-electron chi connectivity index (χ0n) is 11.3. The molecule has 0 aromatic carbocycles. The number of fused-ring (bicyclic) bond motifs is 1. The normalized spacial score (nSPS) is 11.3. The van der Waals surface area contributed by atoms with Crippen molar-refractivity contribution in [1.82, 2.24) is 14.7 Å². The lowest BCUT2D eigenvalue weighted by atomic mass is 10.2. The van der Waals surface area contributed by atoms with Crippen LogP contribution in [-0.2, 0) is 11.2 Å². The SMILES string of the molecule is CC(N)CCNC(=O)Cc1cn2ccccc2n1.Cl.Cl. The second-order valence-corrected chi connectivity index (χ2v) is 4.49. The summed E-state index contributed by atoms with van der Waals surface area (Å²) >= 11 is 0. The van der Waals surface area contributed by atoms with Crippen LogP contribution >= 0.6 is 24.8 Å². The summed E-state index contributed by atoms with van der Waals surface area (Å²) in [5.74, 6) is -0.0148. The molecule has 0 aliphatic carbocycles. The number of nitrogens with zero attached hydrogens (tertiary/aromatic N) is 2. The molecule has 0 aliphatic rings. The monoisotopic (exact) mass is 318 g/mol. The van der Waals surface area contributed by atoms with Gasteiger partial charge >= 0.3 is 0 Å². The first-order valence-electron chi connectivity index (χ1n) is 6.10. The molecule has 1 atom stereocenters. The van der Waals surface area contributed by atoms with Crippen LogP contribution in [0.5, 0.6) is 0 Å². The highest BCUT2D eigenvalue weighted by atomic mass is 35.5. The number of imidazole rings is 1. The van der Waals surface area contributed by atoms with Gasteiger partial charge in [-0.3, -0.25) is 4.79 Å². The Morgan fingerprint density at radius 2 is 2.20 bits per heavy atom. The second-order valence-electron chi connectivity index (χ2n) is 4.49. The lowest BCUT2D eigenvalue weighted by molar-refractivity contribution is -0.120. The molecule has 0 bridgehead atoms. The third-order valence-electron chi connectivity index (χ3n) is 2.68. The molecule has 2 aromatic heterocycles. The third-order valence-corrected chi connectivity index (χ3v) is 2.68. The van der Waals surface area contributed by atoms with Gasteiger partial charge in [-0.2, -0.15) is 0 Å². The minimum absolute atomic E-state index is 0. The van der Waals surface area contributed by atoms with Crippen molar-refractivity contribution in [3.8, 4) is 0 Å². The Labute approximate surface area is 130 Å². The van der Waals surface area contributed by atoms with E-state index >= 15 is 0 Å². The lowest BCUT2D eigenvalue weighted by Gasteiger charge is -2.06. The van der Waals surface area contributed by atoms with E-state index in [1.165, 1.54) is 0 Å². The topological polar surface area (TPSA) is 72.4 Å². The molecule has 2 rings (SSSR count). The van der Waals surface area contributed by atoms with Gasteiger partial charge in [0.1, 0.15) is 5.65 Å². The Kier molecular flexibility index (Phi) is 8.22. The average Bonchev–Trinajstić information content (AvgIpc) is 2.70. The van der Waals surface area contributed by atoms with E-state index in [1.807, 2.05) is 41.9 Å². The summed E-state index contributed by atoms with van der Waals surface area (Å²) in [4.78, 5) is 16.0. The van der Waals surface area contributed by atoms with Gasteiger partial charge in [0, 0.05) is 25.0 Å². The van der Waals surface area contributed by atoms with Crippen LogP contribution in [0.2, 0.25) is 0 Å². The second kappa shape index (κ2) is 8.79. The highest BCUT2D eigenvalue weighted by molar-refractivity contribution is 5.85. The van der Waals surface area contributed by atoms with Crippen molar-refractivity contribution >= 4 is 36.4 Å². The number of aromatic nitrogens is 2. The summed E-state index contributed by atoms with van der Waals surface area (Å²) in [6, 6.07) is 5.88. The summed E-state index contributed by atoms with van der Waals surface area (Å²) < 4.78 is 1.91. The van der Waals surface area contributed by atoms with Crippen molar-refractivity contribution in [3.63, 3.8) is 0 Å². The average molecular weight is 319 g/mol. The summed E-state index contributed by atoms with van der Waals surface area (Å²) in [5.41, 5.74) is 7.25. The van der Waals surface area contributed by atoms with Gasteiger partial charge in [0.05, 0.1) is 12.1 Å². The minimum Gasteiger partial charge on any atom is -0.356 e. The van der Waals surface area contributed by atoms with Crippen LogP contribution in [0.4, 0.5) is 0 Å². The molecule has 1 amide bonds. The van der Waals surface area contributed by atoms with Crippen LogP contribution in [0, 0.1) is 0 Å². The van der Waals surface area contributed by atoms with E-state index in [2.05, 4.69) is 10.3 Å². The number of hydrogen-bond donors (Lipinski definition) is 2. The van der Waals surface area contributed by atoms with E-state index in [9.17, 15) is 4.79 Å². The highest BCUT2D eigenvalue weighted by Crippen LogP contribution is 2.04. The molecule has 5 nitrogen and oxygen atoms in total. The molecule has 20 heavy (non-hydrogen) atoms. The molecule has 0 saturated carbocycles. The molecule has 2 heterocycles. The van der Waals surface area contributed by atoms with Crippen molar-refractivity contribution in [1.29, 1.82) is 0 Å². The van der Waals surface area contributed by atoms with Crippen molar-refractivity contribution in [2.75, 3.05) is 6.54 Å². The predicted octanol–water partition coefficient (Wildman–Crippen LogP) is 1.57.